The van der Waals surface area contributed by atoms with Gasteiger partial charge in [-0.05, 0) is 62.3 Å². The molecule has 0 spiro atoms. The van der Waals surface area contributed by atoms with Gasteiger partial charge in [0.25, 0.3) is 5.91 Å². The van der Waals surface area contributed by atoms with E-state index >= 15 is 0 Å². The summed E-state index contributed by atoms with van der Waals surface area (Å²) in [5.41, 5.74) is 4.88. The monoisotopic (exact) mass is 402 g/mol. The summed E-state index contributed by atoms with van der Waals surface area (Å²) in [5.74, 6) is 0.768. The van der Waals surface area contributed by atoms with Crippen LogP contribution in [0.1, 0.15) is 38.7 Å². The van der Waals surface area contributed by atoms with Gasteiger partial charge in [-0.3, -0.25) is 4.79 Å². The molecule has 156 valence electrons. The molecule has 0 bridgehead atoms. The highest BCUT2D eigenvalue weighted by molar-refractivity contribution is 5.95. The van der Waals surface area contributed by atoms with Crippen molar-refractivity contribution in [3.05, 3.63) is 101 Å². The maximum atomic E-state index is 12.8. The van der Waals surface area contributed by atoms with Gasteiger partial charge in [0.2, 0.25) is 0 Å². The first-order valence-corrected chi connectivity index (χ1v) is 10.2. The number of benzene rings is 3. The van der Waals surface area contributed by atoms with Crippen LogP contribution in [0.5, 0.6) is 5.75 Å². The molecule has 1 atom stereocenters. The summed E-state index contributed by atoms with van der Waals surface area (Å²) in [6.07, 6.45) is 0. The Kier molecular flexibility index (Phi) is 7.26. The van der Waals surface area contributed by atoms with Crippen LogP contribution >= 0.6 is 0 Å². The van der Waals surface area contributed by atoms with Crippen molar-refractivity contribution in [1.82, 2.24) is 10.2 Å². The highest BCUT2D eigenvalue weighted by Crippen LogP contribution is 2.26. The Labute approximate surface area is 179 Å². The lowest BCUT2D eigenvalue weighted by atomic mass is 10.0. The van der Waals surface area contributed by atoms with E-state index in [1.807, 2.05) is 88.6 Å². The number of rotatable bonds is 8. The van der Waals surface area contributed by atoms with Crippen LogP contribution in [-0.4, -0.2) is 31.4 Å². The van der Waals surface area contributed by atoms with E-state index < -0.39 is 0 Å². The van der Waals surface area contributed by atoms with Gasteiger partial charge in [0.15, 0.2) is 0 Å². The van der Waals surface area contributed by atoms with Crippen LogP contribution < -0.4 is 10.1 Å². The van der Waals surface area contributed by atoms with E-state index in [0.717, 1.165) is 22.4 Å². The van der Waals surface area contributed by atoms with Crippen LogP contribution in [0.4, 0.5) is 0 Å². The lowest BCUT2D eigenvalue weighted by molar-refractivity contribution is 0.0941. The Morgan fingerprint density at radius 3 is 2.07 bits per heavy atom. The molecule has 1 amide bonds. The maximum absolute atomic E-state index is 12.8. The van der Waals surface area contributed by atoms with Crippen molar-refractivity contribution in [1.29, 1.82) is 0 Å². The molecule has 1 N–H and O–H groups in total. The number of nitrogens with zero attached hydrogens (tertiary/aromatic N) is 1. The number of aryl methyl sites for hydroxylation is 2. The first kappa shape index (κ1) is 21.6. The van der Waals surface area contributed by atoms with Gasteiger partial charge in [0.1, 0.15) is 12.4 Å². The molecule has 0 heterocycles. The van der Waals surface area contributed by atoms with Crippen molar-refractivity contribution >= 4 is 5.91 Å². The Balaban J connectivity index is 1.67. The van der Waals surface area contributed by atoms with E-state index in [9.17, 15) is 4.79 Å². The second-order valence-corrected chi connectivity index (χ2v) is 7.81. The molecule has 0 saturated carbocycles. The van der Waals surface area contributed by atoms with Gasteiger partial charge in [0.05, 0.1) is 6.04 Å². The van der Waals surface area contributed by atoms with E-state index in [-0.39, 0.29) is 11.9 Å². The normalized spacial score (nSPS) is 11.9. The summed E-state index contributed by atoms with van der Waals surface area (Å²) in [6.45, 7) is 5.02. The van der Waals surface area contributed by atoms with Crippen LogP contribution in [0.15, 0.2) is 72.8 Å². The van der Waals surface area contributed by atoms with Crippen molar-refractivity contribution in [2.75, 3.05) is 20.6 Å². The molecule has 3 aromatic rings. The zero-order valence-corrected chi connectivity index (χ0v) is 18.2. The fourth-order valence-electron chi connectivity index (χ4n) is 3.60. The zero-order valence-electron chi connectivity index (χ0n) is 18.2. The number of hydrogen-bond acceptors (Lipinski definition) is 3. The van der Waals surface area contributed by atoms with E-state index in [0.29, 0.717) is 18.7 Å². The summed E-state index contributed by atoms with van der Waals surface area (Å²) in [6, 6.07) is 24.2. The predicted octanol–water partition coefficient (Wildman–Crippen LogP) is 4.92. The van der Waals surface area contributed by atoms with Gasteiger partial charge in [-0.2, -0.15) is 0 Å². The Hall–Kier alpha value is -3.11. The first-order chi connectivity index (χ1) is 14.5. The molecule has 1 unspecified atom stereocenters. The van der Waals surface area contributed by atoms with Crippen LogP contribution in [0.2, 0.25) is 0 Å². The van der Waals surface area contributed by atoms with Crippen molar-refractivity contribution in [3.8, 4) is 5.75 Å². The fraction of sp³-hybridized carbons (Fsp3) is 0.269. The number of nitrogens with one attached hydrogen (secondary N) is 1. The summed E-state index contributed by atoms with van der Waals surface area (Å²) >= 11 is 0. The summed E-state index contributed by atoms with van der Waals surface area (Å²) in [7, 11) is 4.05. The molecule has 0 aliphatic rings. The van der Waals surface area contributed by atoms with Crippen LogP contribution in [0.3, 0.4) is 0 Å². The molecule has 4 nitrogen and oxygen atoms in total. The average Bonchev–Trinajstić information content (AvgIpc) is 2.74. The van der Waals surface area contributed by atoms with Crippen molar-refractivity contribution < 1.29 is 9.53 Å². The van der Waals surface area contributed by atoms with E-state index in [1.54, 1.807) is 0 Å². The Morgan fingerprint density at radius 2 is 1.50 bits per heavy atom. The van der Waals surface area contributed by atoms with Crippen molar-refractivity contribution in [3.63, 3.8) is 0 Å². The van der Waals surface area contributed by atoms with Crippen LogP contribution in [-0.2, 0) is 6.61 Å². The second-order valence-electron chi connectivity index (χ2n) is 7.81. The molecule has 0 radical (unpaired) electrons. The summed E-state index contributed by atoms with van der Waals surface area (Å²) in [5, 5.41) is 3.09. The highest BCUT2D eigenvalue weighted by atomic mass is 16.5. The molecule has 3 aromatic carbocycles. The molecule has 0 aliphatic carbocycles. The molecule has 0 fully saturated rings. The molecule has 0 saturated heterocycles. The third-order valence-corrected chi connectivity index (χ3v) is 5.21. The number of amides is 1. The SMILES string of the molecule is Cc1cc(C(=O)NCC(c2ccccc2)N(C)C)cc(C)c1OCc1ccccc1. The molecule has 3 rings (SSSR count). The molecule has 4 heteroatoms. The van der Waals surface area contributed by atoms with Gasteiger partial charge >= 0.3 is 0 Å². The van der Waals surface area contributed by atoms with E-state index in [4.69, 9.17) is 4.74 Å². The van der Waals surface area contributed by atoms with Gasteiger partial charge < -0.3 is 15.0 Å². The quantitative estimate of drug-likeness (QED) is 0.582. The third-order valence-electron chi connectivity index (χ3n) is 5.21. The fourth-order valence-corrected chi connectivity index (χ4v) is 3.60. The van der Waals surface area contributed by atoms with E-state index in [1.165, 1.54) is 5.56 Å². The lowest BCUT2D eigenvalue weighted by Crippen LogP contribution is -2.34. The van der Waals surface area contributed by atoms with Crippen LogP contribution in [0.25, 0.3) is 0 Å². The minimum absolute atomic E-state index is 0.0707. The second kappa shape index (κ2) is 10.1. The van der Waals surface area contributed by atoms with Crippen molar-refractivity contribution in [2.45, 2.75) is 26.5 Å². The number of ether oxygens (including phenoxy) is 1. The number of hydrogen-bond donors (Lipinski definition) is 1. The summed E-state index contributed by atoms with van der Waals surface area (Å²) in [4.78, 5) is 14.9. The molecule has 30 heavy (non-hydrogen) atoms. The minimum Gasteiger partial charge on any atom is -0.488 e. The number of carbonyl (C=O) groups is 1. The summed E-state index contributed by atoms with van der Waals surface area (Å²) < 4.78 is 6.04. The molecule has 0 aliphatic heterocycles. The molecular formula is C26H30N2O2. The first-order valence-electron chi connectivity index (χ1n) is 10.2. The highest BCUT2D eigenvalue weighted by Gasteiger charge is 2.17. The topological polar surface area (TPSA) is 41.6 Å². The minimum atomic E-state index is -0.0707. The standard InChI is InChI=1S/C26H30N2O2/c1-19-15-23(16-20(2)25(19)30-18-21-11-7-5-8-12-21)26(29)27-17-24(28(3)4)22-13-9-6-10-14-22/h5-16,24H,17-18H2,1-4H3,(H,27,29). The third kappa shape index (κ3) is 5.49. The Morgan fingerprint density at radius 1 is 0.933 bits per heavy atom. The smallest absolute Gasteiger partial charge is 0.251 e. The number of carbonyl (C=O) groups excluding carboxylic acids is 1. The maximum Gasteiger partial charge on any atom is 0.251 e. The predicted molar refractivity (Wildman–Crippen MR) is 122 cm³/mol. The van der Waals surface area contributed by atoms with Crippen molar-refractivity contribution in [2.24, 2.45) is 0 Å². The van der Waals surface area contributed by atoms with Gasteiger partial charge in [-0.25, -0.2) is 0 Å². The molecule has 0 aromatic heterocycles. The lowest BCUT2D eigenvalue weighted by Gasteiger charge is -2.25. The van der Waals surface area contributed by atoms with E-state index in [2.05, 4.69) is 22.3 Å². The number of likely N-dealkylation sites (N-methyl/N-ethyl adjacent to an activating group) is 1. The zero-order chi connectivity index (χ0) is 21.5. The van der Waals surface area contributed by atoms with Gasteiger partial charge in [-0.15, -0.1) is 0 Å². The Bertz CT molecular complexity index is 946. The largest absolute Gasteiger partial charge is 0.488 e. The van der Waals surface area contributed by atoms with Gasteiger partial charge in [0, 0.05) is 12.1 Å². The van der Waals surface area contributed by atoms with Crippen LogP contribution in [0, 0.1) is 13.8 Å². The molecular weight excluding hydrogens is 372 g/mol. The van der Waals surface area contributed by atoms with Gasteiger partial charge in [-0.1, -0.05) is 60.7 Å². The average molecular weight is 403 g/mol.